The van der Waals surface area contributed by atoms with Crippen LogP contribution < -0.4 is 10.2 Å². The number of nitrogens with one attached hydrogen (secondary N) is 1. The maximum atomic E-state index is 12.8. The van der Waals surface area contributed by atoms with E-state index in [0.717, 1.165) is 6.42 Å². The number of allylic oxidation sites excluding steroid dienone is 2. The molecule has 1 aliphatic heterocycles. The summed E-state index contributed by atoms with van der Waals surface area (Å²) in [7, 11) is 0. The van der Waals surface area contributed by atoms with Crippen LogP contribution >= 0.6 is 0 Å². The molecule has 0 radical (unpaired) electrons. The molecule has 140 valence electrons. The van der Waals surface area contributed by atoms with Crippen LogP contribution in [0, 0.1) is 23.7 Å². The van der Waals surface area contributed by atoms with E-state index in [1.807, 2.05) is 0 Å². The molecule has 4 atom stereocenters. The van der Waals surface area contributed by atoms with Gasteiger partial charge in [0, 0.05) is 11.3 Å². The number of hydrogen-bond donors (Lipinski definition) is 2. The average Bonchev–Trinajstić information content (AvgIpc) is 3.38. The Kier molecular flexibility index (Phi) is 3.62. The van der Waals surface area contributed by atoms with Crippen LogP contribution in [0.2, 0.25) is 0 Å². The summed E-state index contributed by atoms with van der Waals surface area (Å²) in [5.74, 6) is -0.578. The van der Waals surface area contributed by atoms with Crippen LogP contribution in [0.1, 0.15) is 16.8 Å². The first-order valence-corrected chi connectivity index (χ1v) is 9.29. The minimum absolute atomic E-state index is 0.121. The predicted molar refractivity (Wildman–Crippen MR) is 103 cm³/mol. The molecule has 6 nitrogen and oxygen atoms in total. The van der Waals surface area contributed by atoms with E-state index in [-0.39, 0.29) is 47.1 Å². The molecule has 1 heterocycles. The number of phenols is 1. The first kappa shape index (κ1) is 16.7. The third-order valence-corrected chi connectivity index (χ3v) is 5.98. The second-order valence-corrected chi connectivity index (χ2v) is 7.56. The molecule has 4 unspecified atom stereocenters. The number of fused-ring (bicyclic) bond motifs is 5. The Balaban J connectivity index is 1.34. The number of nitrogens with zero attached hydrogens (tertiary/aromatic N) is 1. The maximum Gasteiger partial charge on any atom is 0.255 e. The van der Waals surface area contributed by atoms with Gasteiger partial charge >= 0.3 is 0 Å². The van der Waals surface area contributed by atoms with E-state index >= 15 is 0 Å². The fraction of sp³-hybridized carbons (Fsp3) is 0.227. The Morgan fingerprint density at radius 1 is 0.893 bits per heavy atom. The van der Waals surface area contributed by atoms with Gasteiger partial charge in [0.05, 0.1) is 17.5 Å². The lowest BCUT2D eigenvalue weighted by Crippen LogP contribution is -2.32. The summed E-state index contributed by atoms with van der Waals surface area (Å²) < 4.78 is 0. The van der Waals surface area contributed by atoms with Gasteiger partial charge in [0.15, 0.2) is 0 Å². The van der Waals surface area contributed by atoms with Crippen molar-refractivity contribution in [2.45, 2.75) is 6.42 Å². The van der Waals surface area contributed by atoms with E-state index < -0.39 is 0 Å². The first-order valence-electron chi connectivity index (χ1n) is 9.29. The standard InChI is InChI=1S/C22H18N2O4/c25-17-9-5-15(6-10-17)23-20(26)12-3-7-16(8-4-12)24-21(27)18-13-1-2-14(11-13)19(18)22(24)28/h1-10,13-14,18-19,25H,11H2,(H,23,26). The molecular formula is C22H18N2O4. The molecule has 0 aromatic heterocycles. The fourth-order valence-corrected chi connectivity index (χ4v) is 4.67. The van der Waals surface area contributed by atoms with Gasteiger partial charge in [-0.2, -0.15) is 0 Å². The summed E-state index contributed by atoms with van der Waals surface area (Å²) >= 11 is 0. The fourth-order valence-electron chi connectivity index (χ4n) is 4.67. The van der Waals surface area contributed by atoms with Gasteiger partial charge in [-0.25, -0.2) is 0 Å². The van der Waals surface area contributed by atoms with Gasteiger partial charge in [-0.15, -0.1) is 0 Å². The Morgan fingerprint density at radius 3 is 2.04 bits per heavy atom. The second-order valence-electron chi connectivity index (χ2n) is 7.56. The van der Waals surface area contributed by atoms with Crippen molar-refractivity contribution in [3.05, 3.63) is 66.2 Å². The molecule has 6 heteroatoms. The summed E-state index contributed by atoms with van der Waals surface area (Å²) in [6.45, 7) is 0. The number of carbonyl (C=O) groups is 3. The third kappa shape index (κ3) is 2.45. The average molecular weight is 374 g/mol. The monoisotopic (exact) mass is 374 g/mol. The van der Waals surface area contributed by atoms with Crippen LogP contribution in [-0.4, -0.2) is 22.8 Å². The lowest BCUT2D eigenvalue weighted by Gasteiger charge is -2.17. The molecule has 2 aliphatic carbocycles. The SMILES string of the molecule is O=C(Nc1ccc(O)cc1)c1ccc(N2C(=O)C3C4C=CC(C4)C3C2=O)cc1. The zero-order chi connectivity index (χ0) is 19.4. The Labute approximate surface area is 161 Å². The quantitative estimate of drug-likeness (QED) is 0.491. The lowest BCUT2D eigenvalue weighted by atomic mass is 9.85. The minimum Gasteiger partial charge on any atom is -0.508 e. The van der Waals surface area contributed by atoms with Crippen molar-refractivity contribution in [1.29, 1.82) is 0 Å². The molecular weight excluding hydrogens is 356 g/mol. The van der Waals surface area contributed by atoms with E-state index in [2.05, 4.69) is 17.5 Å². The van der Waals surface area contributed by atoms with Gasteiger partial charge in [-0.05, 0) is 66.8 Å². The lowest BCUT2D eigenvalue weighted by molar-refractivity contribution is -0.123. The number of benzene rings is 2. The van der Waals surface area contributed by atoms with Crippen LogP contribution in [0.25, 0.3) is 0 Å². The van der Waals surface area contributed by atoms with Gasteiger partial charge in [-0.1, -0.05) is 12.2 Å². The number of carbonyl (C=O) groups excluding carboxylic acids is 3. The van der Waals surface area contributed by atoms with Gasteiger partial charge < -0.3 is 10.4 Å². The molecule has 2 N–H and O–H groups in total. The van der Waals surface area contributed by atoms with E-state index in [9.17, 15) is 19.5 Å². The highest BCUT2D eigenvalue weighted by Crippen LogP contribution is 2.53. The summed E-state index contributed by atoms with van der Waals surface area (Å²) in [6, 6.07) is 12.7. The number of amides is 3. The van der Waals surface area contributed by atoms with Crippen molar-refractivity contribution in [2.24, 2.45) is 23.7 Å². The second kappa shape index (κ2) is 6.05. The number of rotatable bonds is 3. The Bertz CT molecular complexity index is 980. The number of anilines is 2. The molecule has 3 aliphatic rings. The van der Waals surface area contributed by atoms with Crippen LogP contribution in [-0.2, 0) is 9.59 Å². The number of imide groups is 1. The van der Waals surface area contributed by atoms with E-state index in [1.165, 1.54) is 17.0 Å². The molecule has 1 saturated carbocycles. The van der Waals surface area contributed by atoms with Gasteiger partial charge in [0.2, 0.25) is 11.8 Å². The molecule has 3 amide bonds. The summed E-state index contributed by atoms with van der Waals surface area (Å²) in [5, 5.41) is 12.0. The first-order chi connectivity index (χ1) is 13.5. The summed E-state index contributed by atoms with van der Waals surface area (Å²) in [6.07, 6.45) is 5.03. The van der Waals surface area contributed by atoms with Crippen LogP contribution in [0.4, 0.5) is 11.4 Å². The number of hydrogen-bond acceptors (Lipinski definition) is 4. The van der Waals surface area contributed by atoms with Gasteiger partial charge in [-0.3, -0.25) is 19.3 Å². The van der Waals surface area contributed by atoms with E-state index in [4.69, 9.17) is 0 Å². The maximum absolute atomic E-state index is 12.8. The molecule has 28 heavy (non-hydrogen) atoms. The number of phenolic OH excluding ortho intramolecular Hbond substituents is 1. The molecule has 2 aromatic rings. The predicted octanol–water partition coefficient (Wildman–Crippen LogP) is 2.96. The third-order valence-electron chi connectivity index (χ3n) is 5.98. The molecule has 5 rings (SSSR count). The van der Waals surface area contributed by atoms with E-state index in [0.29, 0.717) is 16.9 Å². The smallest absolute Gasteiger partial charge is 0.255 e. The number of aromatic hydroxyl groups is 1. The normalized spacial score (nSPS) is 27.4. The van der Waals surface area contributed by atoms with Crippen molar-refractivity contribution >= 4 is 29.1 Å². The molecule has 2 aromatic carbocycles. The highest BCUT2D eigenvalue weighted by Gasteiger charge is 2.59. The van der Waals surface area contributed by atoms with Crippen molar-refractivity contribution < 1.29 is 19.5 Å². The van der Waals surface area contributed by atoms with Gasteiger partial charge in [0.25, 0.3) is 5.91 Å². The highest BCUT2D eigenvalue weighted by molar-refractivity contribution is 6.23. The van der Waals surface area contributed by atoms with Crippen molar-refractivity contribution in [2.75, 3.05) is 10.2 Å². The van der Waals surface area contributed by atoms with E-state index in [1.54, 1.807) is 36.4 Å². The summed E-state index contributed by atoms with van der Waals surface area (Å²) in [5.41, 5.74) is 1.48. The molecule has 2 bridgehead atoms. The zero-order valence-corrected chi connectivity index (χ0v) is 14.9. The zero-order valence-electron chi connectivity index (χ0n) is 14.9. The van der Waals surface area contributed by atoms with Crippen LogP contribution in [0.15, 0.2) is 60.7 Å². The van der Waals surface area contributed by atoms with Gasteiger partial charge in [0.1, 0.15) is 5.75 Å². The topological polar surface area (TPSA) is 86.7 Å². The van der Waals surface area contributed by atoms with Crippen molar-refractivity contribution in [3.8, 4) is 5.75 Å². The largest absolute Gasteiger partial charge is 0.508 e. The Morgan fingerprint density at radius 2 is 1.46 bits per heavy atom. The highest BCUT2D eigenvalue weighted by atomic mass is 16.3. The Hall–Kier alpha value is -3.41. The van der Waals surface area contributed by atoms with Crippen LogP contribution in [0.3, 0.4) is 0 Å². The molecule has 1 saturated heterocycles. The van der Waals surface area contributed by atoms with Crippen LogP contribution in [0.5, 0.6) is 5.75 Å². The molecule has 0 spiro atoms. The van der Waals surface area contributed by atoms with Crippen molar-refractivity contribution in [3.63, 3.8) is 0 Å². The molecule has 2 fully saturated rings. The minimum atomic E-state index is -0.310. The van der Waals surface area contributed by atoms with Crippen molar-refractivity contribution in [1.82, 2.24) is 0 Å². The summed E-state index contributed by atoms with van der Waals surface area (Å²) in [4.78, 5) is 39.4.